The van der Waals surface area contributed by atoms with E-state index in [2.05, 4.69) is 11.8 Å². The molecule has 14 heavy (non-hydrogen) atoms. The zero-order chi connectivity index (χ0) is 10.2. The molecule has 0 heterocycles. The van der Waals surface area contributed by atoms with Crippen LogP contribution in [0.5, 0.6) is 5.75 Å². The molecule has 0 atom stereocenters. The van der Waals surface area contributed by atoms with Gasteiger partial charge >= 0.3 is 0 Å². The minimum atomic E-state index is 0.666. The van der Waals surface area contributed by atoms with Crippen molar-refractivity contribution in [1.29, 1.82) is 0 Å². The summed E-state index contributed by atoms with van der Waals surface area (Å²) in [6.45, 7) is 3.17. The van der Waals surface area contributed by atoms with Crippen LogP contribution >= 0.6 is 0 Å². The van der Waals surface area contributed by atoms with E-state index in [9.17, 15) is 0 Å². The van der Waals surface area contributed by atoms with Gasteiger partial charge in [-0.3, -0.25) is 0 Å². The van der Waals surface area contributed by atoms with Crippen molar-refractivity contribution < 1.29 is 4.74 Å². The van der Waals surface area contributed by atoms with E-state index in [4.69, 9.17) is 10.5 Å². The minimum absolute atomic E-state index is 0.666. The van der Waals surface area contributed by atoms with E-state index in [0.29, 0.717) is 13.2 Å². The summed E-state index contributed by atoms with van der Waals surface area (Å²) in [5.74, 6) is 6.70. The number of benzene rings is 1. The van der Waals surface area contributed by atoms with Crippen LogP contribution in [0.1, 0.15) is 18.9 Å². The molecule has 74 valence electrons. The quantitative estimate of drug-likeness (QED) is 0.579. The largest absolute Gasteiger partial charge is 0.494 e. The molecule has 0 spiro atoms. The Balaban J connectivity index is 2.49. The van der Waals surface area contributed by atoms with Crippen LogP contribution in [0.25, 0.3) is 0 Å². The van der Waals surface area contributed by atoms with Crippen molar-refractivity contribution in [2.24, 2.45) is 5.73 Å². The van der Waals surface area contributed by atoms with E-state index in [1.54, 1.807) is 0 Å². The lowest BCUT2D eigenvalue weighted by molar-refractivity contribution is 0.313. The Bertz CT molecular complexity index is 318. The molecule has 1 aromatic carbocycles. The summed E-state index contributed by atoms with van der Waals surface area (Å²) >= 11 is 0. The molecule has 1 aromatic rings. The average Bonchev–Trinajstić information content (AvgIpc) is 2.21. The van der Waals surface area contributed by atoms with Gasteiger partial charge in [-0.2, -0.15) is 0 Å². The molecule has 0 bridgehead atoms. The van der Waals surface area contributed by atoms with Crippen LogP contribution < -0.4 is 10.5 Å². The highest BCUT2D eigenvalue weighted by molar-refractivity contribution is 5.37. The Morgan fingerprint density at radius 2 is 2.00 bits per heavy atom. The first kappa shape index (κ1) is 10.6. The molecule has 2 N–H and O–H groups in total. The third kappa shape index (κ3) is 3.51. The fraction of sp³-hybridized carbons (Fsp3) is 0.333. The van der Waals surface area contributed by atoms with Gasteiger partial charge in [-0.1, -0.05) is 5.92 Å². The smallest absolute Gasteiger partial charge is 0.119 e. The van der Waals surface area contributed by atoms with Crippen molar-refractivity contribution in [1.82, 2.24) is 0 Å². The predicted octanol–water partition coefficient (Wildman–Crippen LogP) is 1.79. The van der Waals surface area contributed by atoms with Crippen LogP contribution in [0.2, 0.25) is 0 Å². The maximum atomic E-state index is 5.45. The molecule has 2 heteroatoms. The van der Waals surface area contributed by atoms with Crippen molar-refractivity contribution in [2.45, 2.75) is 13.3 Å². The van der Waals surface area contributed by atoms with Crippen LogP contribution in [0.15, 0.2) is 24.3 Å². The Labute approximate surface area is 85.1 Å². The third-order valence-electron chi connectivity index (χ3n) is 1.74. The second kappa shape index (κ2) is 6.06. The molecule has 0 saturated heterocycles. The van der Waals surface area contributed by atoms with Gasteiger partial charge in [0.05, 0.1) is 6.61 Å². The number of ether oxygens (including phenoxy) is 1. The lowest BCUT2D eigenvalue weighted by atomic mass is 10.2. The zero-order valence-electron chi connectivity index (χ0n) is 8.42. The first-order valence-electron chi connectivity index (χ1n) is 4.72. The monoisotopic (exact) mass is 189 g/mol. The summed E-state index contributed by atoms with van der Waals surface area (Å²) in [4.78, 5) is 0. The molecule has 0 fully saturated rings. The topological polar surface area (TPSA) is 35.2 Å². The molecule has 0 aliphatic carbocycles. The van der Waals surface area contributed by atoms with Crippen LogP contribution in [-0.4, -0.2) is 13.2 Å². The van der Waals surface area contributed by atoms with Crippen LogP contribution in [0, 0.1) is 11.8 Å². The number of rotatable bonds is 4. The van der Waals surface area contributed by atoms with Crippen molar-refractivity contribution in [3.8, 4) is 17.6 Å². The van der Waals surface area contributed by atoms with Crippen molar-refractivity contribution in [2.75, 3.05) is 13.2 Å². The second-order valence-electron chi connectivity index (χ2n) is 2.89. The van der Waals surface area contributed by atoms with Gasteiger partial charge in [0, 0.05) is 5.56 Å². The van der Waals surface area contributed by atoms with Crippen molar-refractivity contribution >= 4 is 0 Å². The molecule has 0 radical (unpaired) electrons. The molecule has 0 aliphatic heterocycles. The summed E-state index contributed by atoms with van der Waals surface area (Å²) in [6, 6.07) is 7.76. The Kier molecular flexibility index (Phi) is 4.60. The van der Waals surface area contributed by atoms with Crippen LogP contribution in [0.4, 0.5) is 0 Å². The summed E-state index contributed by atoms with van der Waals surface area (Å²) in [5, 5.41) is 0. The van der Waals surface area contributed by atoms with Gasteiger partial charge in [0.2, 0.25) is 0 Å². The molecule has 0 aliphatic rings. The molecule has 1 rings (SSSR count). The molecule has 0 saturated carbocycles. The van der Waals surface area contributed by atoms with Gasteiger partial charge in [0.25, 0.3) is 0 Å². The van der Waals surface area contributed by atoms with E-state index < -0.39 is 0 Å². The normalized spacial score (nSPS) is 9.00. The second-order valence-corrected chi connectivity index (χ2v) is 2.89. The number of nitrogens with two attached hydrogens (primary N) is 1. The fourth-order valence-electron chi connectivity index (χ4n) is 1.05. The number of hydrogen-bond acceptors (Lipinski definition) is 2. The molecular formula is C12H15NO. The molecule has 2 nitrogen and oxygen atoms in total. The highest BCUT2D eigenvalue weighted by atomic mass is 16.5. The first-order chi connectivity index (χ1) is 6.86. The van der Waals surface area contributed by atoms with Crippen molar-refractivity contribution in [3.05, 3.63) is 29.8 Å². The van der Waals surface area contributed by atoms with Gasteiger partial charge < -0.3 is 10.5 Å². The van der Waals surface area contributed by atoms with Crippen LogP contribution in [-0.2, 0) is 0 Å². The zero-order valence-corrected chi connectivity index (χ0v) is 8.42. The fourth-order valence-corrected chi connectivity index (χ4v) is 1.05. The summed E-state index contributed by atoms with van der Waals surface area (Å²) in [7, 11) is 0. The summed E-state index contributed by atoms with van der Waals surface area (Å²) in [6.07, 6.45) is 0.885. The molecule has 0 unspecified atom stereocenters. The average molecular weight is 189 g/mol. The van der Waals surface area contributed by atoms with E-state index in [-0.39, 0.29) is 0 Å². The number of hydrogen-bond donors (Lipinski definition) is 1. The summed E-state index contributed by atoms with van der Waals surface area (Å²) < 4.78 is 5.45. The van der Waals surface area contributed by atoms with E-state index >= 15 is 0 Å². The molecule has 0 amide bonds. The minimum Gasteiger partial charge on any atom is -0.494 e. The molecule has 0 aromatic heterocycles. The lowest BCUT2D eigenvalue weighted by Crippen LogP contribution is -2.05. The first-order valence-corrected chi connectivity index (χ1v) is 4.72. The molecular weight excluding hydrogens is 174 g/mol. The standard InChI is InChI=1S/C12H15NO/c1-2-4-11-5-7-12(8-6-11)14-10-3-9-13/h5-8H,3,9-10,13H2,1H3. The van der Waals surface area contributed by atoms with E-state index in [0.717, 1.165) is 17.7 Å². The van der Waals surface area contributed by atoms with Crippen LogP contribution in [0.3, 0.4) is 0 Å². The lowest BCUT2D eigenvalue weighted by Gasteiger charge is -2.04. The van der Waals surface area contributed by atoms with Gasteiger partial charge in [0.15, 0.2) is 0 Å². The van der Waals surface area contributed by atoms with Gasteiger partial charge in [-0.25, -0.2) is 0 Å². The van der Waals surface area contributed by atoms with Gasteiger partial charge in [0.1, 0.15) is 5.75 Å². The van der Waals surface area contributed by atoms with E-state index in [1.165, 1.54) is 0 Å². The Morgan fingerprint density at radius 3 is 2.57 bits per heavy atom. The van der Waals surface area contributed by atoms with Gasteiger partial charge in [-0.05, 0) is 44.2 Å². The maximum absolute atomic E-state index is 5.45. The predicted molar refractivity (Wildman–Crippen MR) is 58.2 cm³/mol. The van der Waals surface area contributed by atoms with E-state index in [1.807, 2.05) is 31.2 Å². The SMILES string of the molecule is CC#Cc1ccc(OCCCN)cc1. The third-order valence-corrected chi connectivity index (χ3v) is 1.74. The summed E-state index contributed by atoms with van der Waals surface area (Å²) in [5.41, 5.74) is 6.37. The Morgan fingerprint density at radius 1 is 1.29 bits per heavy atom. The highest BCUT2D eigenvalue weighted by Crippen LogP contribution is 2.11. The Hall–Kier alpha value is -1.46. The van der Waals surface area contributed by atoms with Gasteiger partial charge in [-0.15, -0.1) is 5.92 Å². The maximum Gasteiger partial charge on any atom is 0.119 e. The highest BCUT2D eigenvalue weighted by Gasteiger charge is 1.92. The van der Waals surface area contributed by atoms with Crippen molar-refractivity contribution in [3.63, 3.8) is 0 Å².